The van der Waals surface area contributed by atoms with Crippen LogP contribution >= 0.6 is 0 Å². The Hall–Kier alpha value is -1.89. The highest BCUT2D eigenvalue weighted by Gasteiger charge is 2.09. The predicted octanol–water partition coefficient (Wildman–Crippen LogP) is 4.07. The summed E-state index contributed by atoms with van der Waals surface area (Å²) in [5, 5.41) is 9.33. The van der Waals surface area contributed by atoms with Crippen LogP contribution in [0.25, 0.3) is 0 Å². The van der Waals surface area contributed by atoms with Crippen LogP contribution in [0, 0.1) is 12.8 Å². The van der Waals surface area contributed by atoms with Crippen LogP contribution in [0.2, 0.25) is 0 Å². The molecule has 26 heavy (non-hydrogen) atoms. The first kappa shape index (κ1) is 20.4. The van der Waals surface area contributed by atoms with Gasteiger partial charge in [-0.15, -0.1) is 0 Å². The van der Waals surface area contributed by atoms with Crippen molar-refractivity contribution in [3.8, 4) is 5.75 Å². The molecule has 0 bridgehead atoms. The third-order valence-electron chi connectivity index (χ3n) is 4.32. The summed E-state index contributed by atoms with van der Waals surface area (Å²) in [6.45, 7) is 4.74. The molecule has 0 aliphatic rings. The lowest BCUT2D eigenvalue weighted by Gasteiger charge is -2.15. The third kappa shape index (κ3) is 6.44. The number of aryl methyl sites for hydroxylation is 1. The van der Waals surface area contributed by atoms with Crippen molar-refractivity contribution in [1.29, 1.82) is 0 Å². The van der Waals surface area contributed by atoms with Gasteiger partial charge in [-0.1, -0.05) is 37.3 Å². The lowest BCUT2D eigenvalue weighted by atomic mass is 9.95. The van der Waals surface area contributed by atoms with E-state index in [1.807, 2.05) is 43.3 Å². The quantitative estimate of drug-likeness (QED) is 0.431. The molecule has 0 aromatic heterocycles. The van der Waals surface area contributed by atoms with E-state index in [-0.39, 0.29) is 6.61 Å². The van der Waals surface area contributed by atoms with Gasteiger partial charge >= 0.3 is 0 Å². The number of hydrogen-bond acceptors (Lipinski definition) is 3. The highest BCUT2D eigenvalue weighted by atomic mass is 32.2. The van der Waals surface area contributed by atoms with Crippen molar-refractivity contribution in [3.63, 3.8) is 0 Å². The Labute approximate surface area is 157 Å². The molecule has 2 rings (SSSR count). The summed E-state index contributed by atoms with van der Waals surface area (Å²) in [5.74, 6) is 1.40. The minimum absolute atomic E-state index is 0.175. The summed E-state index contributed by atoms with van der Waals surface area (Å²) in [6, 6.07) is 13.6. The van der Waals surface area contributed by atoms with E-state index in [0.29, 0.717) is 23.8 Å². The van der Waals surface area contributed by atoms with Crippen LogP contribution in [0.5, 0.6) is 5.75 Å². The van der Waals surface area contributed by atoms with Crippen LogP contribution in [-0.4, -0.2) is 20.5 Å². The molecule has 0 aliphatic carbocycles. The molecule has 0 saturated carbocycles. The van der Waals surface area contributed by atoms with Gasteiger partial charge in [-0.25, -0.2) is 4.21 Å². The molecular formula is C20H27NO4S. The maximum atomic E-state index is 11.0. The van der Waals surface area contributed by atoms with Crippen molar-refractivity contribution >= 4 is 17.0 Å². The molecule has 0 spiro atoms. The molecular weight excluding hydrogens is 350 g/mol. The van der Waals surface area contributed by atoms with Gasteiger partial charge in [-0.05, 0) is 55.4 Å². The Morgan fingerprint density at radius 2 is 2.00 bits per heavy atom. The number of anilines is 1. The Morgan fingerprint density at radius 1 is 1.23 bits per heavy atom. The second-order valence-corrected chi connectivity index (χ2v) is 7.27. The van der Waals surface area contributed by atoms with Crippen LogP contribution in [0.15, 0.2) is 42.5 Å². The van der Waals surface area contributed by atoms with E-state index in [4.69, 9.17) is 9.29 Å². The van der Waals surface area contributed by atoms with Gasteiger partial charge in [-0.3, -0.25) is 9.27 Å². The summed E-state index contributed by atoms with van der Waals surface area (Å²) in [7, 11) is 0. The second-order valence-electron chi connectivity index (χ2n) is 6.57. The topological polar surface area (TPSA) is 78.8 Å². The fraction of sp³-hybridized carbons (Fsp3) is 0.400. The molecule has 0 amide bonds. The number of ether oxygens (including phenoxy) is 1. The van der Waals surface area contributed by atoms with Crippen LogP contribution in [0.4, 0.5) is 5.69 Å². The molecule has 2 aromatic rings. The highest BCUT2D eigenvalue weighted by molar-refractivity contribution is 7.80. The standard InChI is InChI=1S/C20H27NO4S/c1-15(6-5-11-25-20-8-4-3-7-16(20)2)12-17-9-10-18(14-22)19(13-17)21-26(23)24/h3-4,7-10,13,15,21-22H,5-6,11-12,14H2,1-2H3,(H,23,24). The van der Waals surface area contributed by atoms with E-state index >= 15 is 0 Å². The monoisotopic (exact) mass is 377 g/mol. The van der Waals surface area contributed by atoms with Gasteiger partial charge in [0.25, 0.3) is 11.3 Å². The third-order valence-corrected chi connectivity index (χ3v) is 4.71. The molecule has 0 aliphatic heterocycles. The van der Waals surface area contributed by atoms with Gasteiger partial charge in [0.2, 0.25) is 0 Å². The number of para-hydroxylation sites is 1. The van der Waals surface area contributed by atoms with E-state index in [2.05, 4.69) is 11.6 Å². The maximum absolute atomic E-state index is 11.0. The summed E-state index contributed by atoms with van der Waals surface area (Å²) >= 11 is -2.15. The highest BCUT2D eigenvalue weighted by Crippen LogP contribution is 2.22. The molecule has 0 saturated heterocycles. The van der Waals surface area contributed by atoms with E-state index in [0.717, 1.165) is 36.1 Å². The molecule has 142 valence electrons. The first-order valence-corrected chi connectivity index (χ1v) is 9.89. The predicted molar refractivity (Wildman–Crippen MR) is 106 cm³/mol. The normalized spacial score (nSPS) is 13.2. The van der Waals surface area contributed by atoms with Gasteiger partial charge < -0.3 is 9.84 Å². The Morgan fingerprint density at radius 3 is 2.69 bits per heavy atom. The minimum atomic E-state index is -2.15. The van der Waals surface area contributed by atoms with Crippen molar-refractivity contribution in [3.05, 3.63) is 59.2 Å². The smallest absolute Gasteiger partial charge is 0.259 e. The SMILES string of the molecule is Cc1ccccc1OCCCC(C)Cc1ccc(CO)c(NS(=O)O)c1. The number of aliphatic hydroxyl groups is 1. The molecule has 3 N–H and O–H groups in total. The Balaban J connectivity index is 1.82. The summed E-state index contributed by atoms with van der Waals surface area (Å²) in [4.78, 5) is 0. The van der Waals surface area contributed by atoms with Crippen LogP contribution in [0.1, 0.15) is 36.5 Å². The Kier molecular flexibility index (Phi) is 8.09. The second kappa shape index (κ2) is 10.3. The van der Waals surface area contributed by atoms with Crippen molar-refractivity contribution in [2.24, 2.45) is 5.92 Å². The van der Waals surface area contributed by atoms with Gasteiger partial charge in [0.1, 0.15) is 5.75 Å². The van der Waals surface area contributed by atoms with Crippen LogP contribution < -0.4 is 9.46 Å². The number of aliphatic hydroxyl groups excluding tert-OH is 1. The first-order chi connectivity index (χ1) is 12.5. The number of rotatable bonds is 10. The zero-order valence-corrected chi connectivity index (χ0v) is 16.1. The molecule has 0 heterocycles. The zero-order valence-electron chi connectivity index (χ0n) is 15.3. The zero-order chi connectivity index (χ0) is 18.9. The van der Waals surface area contributed by atoms with E-state index < -0.39 is 11.3 Å². The van der Waals surface area contributed by atoms with Crippen LogP contribution in [0.3, 0.4) is 0 Å². The number of nitrogens with one attached hydrogen (secondary N) is 1. The van der Waals surface area contributed by atoms with Crippen molar-refractivity contribution in [1.82, 2.24) is 0 Å². The van der Waals surface area contributed by atoms with E-state index in [1.54, 1.807) is 6.07 Å². The Bertz CT molecular complexity index is 736. The van der Waals surface area contributed by atoms with Gasteiger partial charge in [0.05, 0.1) is 18.9 Å². The molecule has 6 heteroatoms. The summed E-state index contributed by atoms with van der Waals surface area (Å²) in [6.07, 6.45) is 2.86. The molecule has 2 atom stereocenters. The minimum Gasteiger partial charge on any atom is -0.493 e. The lowest BCUT2D eigenvalue weighted by molar-refractivity contribution is 0.282. The lowest BCUT2D eigenvalue weighted by Crippen LogP contribution is -2.07. The largest absolute Gasteiger partial charge is 0.493 e. The van der Waals surface area contributed by atoms with Crippen LogP contribution in [-0.2, 0) is 24.3 Å². The van der Waals surface area contributed by atoms with Crippen molar-refractivity contribution in [2.45, 2.75) is 39.7 Å². The fourth-order valence-electron chi connectivity index (χ4n) is 2.91. The molecule has 0 fully saturated rings. The average molecular weight is 378 g/mol. The summed E-state index contributed by atoms with van der Waals surface area (Å²) in [5.41, 5.74) is 3.32. The fourth-order valence-corrected chi connectivity index (χ4v) is 3.29. The van der Waals surface area contributed by atoms with Gasteiger partial charge in [0.15, 0.2) is 0 Å². The molecule has 2 aromatic carbocycles. The summed E-state index contributed by atoms with van der Waals surface area (Å²) < 4.78 is 28.3. The average Bonchev–Trinajstić information content (AvgIpc) is 2.60. The van der Waals surface area contributed by atoms with Gasteiger partial charge in [0, 0.05) is 5.56 Å². The number of benzene rings is 2. The van der Waals surface area contributed by atoms with E-state index in [1.165, 1.54) is 0 Å². The maximum Gasteiger partial charge on any atom is 0.259 e. The molecule has 5 nitrogen and oxygen atoms in total. The van der Waals surface area contributed by atoms with Gasteiger partial charge in [-0.2, -0.15) is 0 Å². The van der Waals surface area contributed by atoms with Crippen molar-refractivity contribution < 1.29 is 18.6 Å². The van der Waals surface area contributed by atoms with E-state index in [9.17, 15) is 9.32 Å². The first-order valence-electron chi connectivity index (χ1n) is 8.78. The molecule has 2 unspecified atom stereocenters. The number of hydrogen-bond donors (Lipinski definition) is 3. The molecule has 0 radical (unpaired) electrons. The van der Waals surface area contributed by atoms with Crippen molar-refractivity contribution in [2.75, 3.05) is 11.3 Å².